The third-order valence-corrected chi connectivity index (χ3v) is 5.54. The van der Waals surface area contributed by atoms with E-state index in [4.69, 9.17) is 9.47 Å². The number of fused-ring (bicyclic) bond motifs is 3. The van der Waals surface area contributed by atoms with E-state index in [1.165, 1.54) is 16.8 Å². The van der Waals surface area contributed by atoms with Crippen LogP contribution in [0.15, 0.2) is 48.5 Å². The first-order valence-electron chi connectivity index (χ1n) is 9.53. The van der Waals surface area contributed by atoms with Gasteiger partial charge in [-0.3, -0.25) is 14.5 Å². The van der Waals surface area contributed by atoms with E-state index in [0.29, 0.717) is 11.3 Å². The Morgan fingerprint density at radius 2 is 1.79 bits per heavy atom. The molecule has 0 unspecified atom stereocenters. The normalized spacial score (nSPS) is 20.3. The third kappa shape index (κ3) is 2.93. The van der Waals surface area contributed by atoms with Gasteiger partial charge in [0.15, 0.2) is 0 Å². The topological polar surface area (TPSA) is 76.1 Å². The first-order valence-corrected chi connectivity index (χ1v) is 9.53. The zero-order valence-electron chi connectivity index (χ0n) is 16.4. The number of benzene rings is 2. The molecular weight excluding hydrogens is 372 g/mol. The van der Waals surface area contributed by atoms with Crippen molar-refractivity contribution in [3.63, 3.8) is 0 Å². The van der Waals surface area contributed by atoms with Gasteiger partial charge in [0.1, 0.15) is 19.0 Å². The van der Waals surface area contributed by atoms with E-state index in [1.54, 1.807) is 24.3 Å². The summed E-state index contributed by atoms with van der Waals surface area (Å²) in [4.78, 5) is 41.4. The van der Waals surface area contributed by atoms with Crippen molar-refractivity contribution in [3.8, 4) is 5.75 Å². The van der Waals surface area contributed by atoms with Crippen LogP contribution >= 0.6 is 0 Å². The third-order valence-electron chi connectivity index (χ3n) is 5.54. The summed E-state index contributed by atoms with van der Waals surface area (Å²) >= 11 is 0. The van der Waals surface area contributed by atoms with Crippen LogP contribution < -0.4 is 9.64 Å². The smallest absolute Gasteiger partial charge is 0.353 e. The minimum absolute atomic E-state index is 0.0145. The summed E-state index contributed by atoms with van der Waals surface area (Å²) in [6.07, 6.45) is 0.362. The lowest BCUT2D eigenvalue weighted by Crippen LogP contribution is -2.67. The molecule has 2 amide bonds. The quantitative estimate of drug-likeness (QED) is 0.575. The largest absolute Gasteiger partial charge is 0.490 e. The maximum absolute atomic E-state index is 13.1. The predicted octanol–water partition coefficient (Wildman–Crippen LogP) is 2.53. The number of nitrogens with zero attached hydrogens (tertiary/aromatic N) is 2. The Morgan fingerprint density at radius 3 is 2.59 bits per heavy atom. The van der Waals surface area contributed by atoms with Crippen LogP contribution in [0.2, 0.25) is 0 Å². The average Bonchev–Trinajstić information content (AvgIpc) is 3.09. The maximum Gasteiger partial charge on any atom is 0.353 e. The van der Waals surface area contributed by atoms with Crippen molar-refractivity contribution in [2.75, 3.05) is 25.2 Å². The van der Waals surface area contributed by atoms with Crippen molar-refractivity contribution >= 4 is 23.5 Å². The van der Waals surface area contributed by atoms with E-state index in [2.05, 4.69) is 0 Å². The maximum atomic E-state index is 13.1. The highest BCUT2D eigenvalue weighted by Crippen LogP contribution is 2.44. The summed E-state index contributed by atoms with van der Waals surface area (Å²) in [5.41, 5.74) is 0.382. The number of aryl methyl sites for hydroxylation is 1. The van der Waals surface area contributed by atoms with Crippen LogP contribution in [0.5, 0.6) is 5.75 Å². The lowest BCUT2D eigenvalue weighted by atomic mass is 9.97. The zero-order valence-corrected chi connectivity index (χ0v) is 16.4. The molecule has 2 heterocycles. The standard InChI is InChI=1S/C22H22N2O5/c1-15-7-3-6-10-18(15)28-13-14-29-21(27)22-12-11-19(25)24(22)17-9-5-4-8-16(17)20(26)23(22)2/h3-10H,11-14H2,1-2H3/t22-/m1/s1. The number of para-hydroxylation sites is 2. The van der Waals surface area contributed by atoms with E-state index in [0.717, 1.165) is 11.3 Å². The highest BCUT2D eigenvalue weighted by Gasteiger charge is 2.60. The van der Waals surface area contributed by atoms with Crippen molar-refractivity contribution in [3.05, 3.63) is 59.7 Å². The van der Waals surface area contributed by atoms with Crippen molar-refractivity contribution in [2.45, 2.75) is 25.4 Å². The van der Waals surface area contributed by atoms with Gasteiger partial charge in [-0.15, -0.1) is 0 Å². The number of hydrogen-bond acceptors (Lipinski definition) is 5. The molecule has 0 aromatic heterocycles. The lowest BCUT2D eigenvalue weighted by Gasteiger charge is -2.46. The number of ether oxygens (including phenoxy) is 2. The molecule has 1 fully saturated rings. The fourth-order valence-corrected chi connectivity index (χ4v) is 4.01. The summed E-state index contributed by atoms with van der Waals surface area (Å²) < 4.78 is 11.1. The van der Waals surface area contributed by atoms with Gasteiger partial charge < -0.3 is 14.4 Å². The van der Waals surface area contributed by atoms with Gasteiger partial charge in [-0.25, -0.2) is 4.79 Å². The molecule has 4 rings (SSSR count). The molecule has 0 spiro atoms. The zero-order chi connectivity index (χ0) is 20.6. The molecule has 2 aromatic rings. The van der Waals surface area contributed by atoms with Crippen LogP contribution in [0.1, 0.15) is 28.8 Å². The number of carbonyl (C=O) groups excluding carboxylic acids is 3. The van der Waals surface area contributed by atoms with Crippen LogP contribution in [0.3, 0.4) is 0 Å². The molecule has 150 valence electrons. The summed E-state index contributed by atoms with van der Waals surface area (Å²) in [5, 5.41) is 0. The summed E-state index contributed by atoms with van der Waals surface area (Å²) in [7, 11) is 1.54. The molecule has 0 saturated carbocycles. The molecule has 1 saturated heterocycles. The van der Waals surface area contributed by atoms with Gasteiger partial charge in [-0.05, 0) is 30.7 Å². The van der Waals surface area contributed by atoms with Gasteiger partial charge >= 0.3 is 5.97 Å². The number of carbonyl (C=O) groups is 3. The number of hydrogen-bond donors (Lipinski definition) is 0. The summed E-state index contributed by atoms with van der Waals surface area (Å²) in [6, 6.07) is 14.4. The van der Waals surface area contributed by atoms with Crippen LogP contribution in [-0.4, -0.2) is 48.6 Å². The van der Waals surface area contributed by atoms with Crippen molar-refractivity contribution in [1.82, 2.24) is 4.90 Å². The predicted molar refractivity (Wildman–Crippen MR) is 106 cm³/mol. The molecule has 2 aliphatic heterocycles. The highest BCUT2D eigenvalue weighted by atomic mass is 16.6. The van der Waals surface area contributed by atoms with Gasteiger partial charge in [-0.1, -0.05) is 30.3 Å². The first kappa shape index (κ1) is 19.0. The molecule has 0 aliphatic carbocycles. The van der Waals surface area contributed by atoms with Gasteiger partial charge in [0, 0.05) is 19.9 Å². The Bertz CT molecular complexity index is 989. The van der Waals surface area contributed by atoms with Gasteiger partial charge in [-0.2, -0.15) is 0 Å². The van der Waals surface area contributed by atoms with Gasteiger partial charge in [0.2, 0.25) is 11.6 Å². The second kappa shape index (κ2) is 7.24. The van der Waals surface area contributed by atoms with E-state index in [9.17, 15) is 14.4 Å². The second-order valence-corrected chi connectivity index (χ2v) is 7.18. The molecule has 1 atom stereocenters. The molecule has 0 radical (unpaired) electrons. The Hall–Kier alpha value is -3.35. The number of rotatable bonds is 5. The molecule has 2 aromatic carbocycles. The number of esters is 1. The lowest BCUT2D eigenvalue weighted by molar-refractivity contribution is -0.157. The average molecular weight is 394 g/mol. The fourth-order valence-electron chi connectivity index (χ4n) is 4.01. The van der Waals surface area contributed by atoms with Crippen LogP contribution in [0, 0.1) is 6.92 Å². The van der Waals surface area contributed by atoms with Gasteiger partial charge in [0.25, 0.3) is 5.91 Å². The Kier molecular flexibility index (Phi) is 4.74. The monoisotopic (exact) mass is 394 g/mol. The minimum Gasteiger partial charge on any atom is -0.490 e. The van der Waals surface area contributed by atoms with Crippen LogP contribution in [0.4, 0.5) is 5.69 Å². The number of amides is 2. The minimum atomic E-state index is -1.45. The Labute approximate surface area is 168 Å². The molecule has 7 heteroatoms. The Balaban J connectivity index is 1.53. The molecule has 0 bridgehead atoms. The molecule has 29 heavy (non-hydrogen) atoms. The molecule has 0 N–H and O–H groups in total. The van der Waals surface area contributed by atoms with Crippen LogP contribution in [0.25, 0.3) is 0 Å². The van der Waals surface area contributed by atoms with Crippen molar-refractivity contribution < 1.29 is 23.9 Å². The highest BCUT2D eigenvalue weighted by molar-refractivity contribution is 6.15. The Morgan fingerprint density at radius 1 is 1.07 bits per heavy atom. The van der Waals surface area contributed by atoms with Crippen LogP contribution in [-0.2, 0) is 14.3 Å². The fraction of sp³-hybridized carbons (Fsp3) is 0.318. The van der Waals surface area contributed by atoms with E-state index in [1.807, 2.05) is 31.2 Å². The van der Waals surface area contributed by atoms with E-state index < -0.39 is 11.6 Å². The van der Waals surface area contributed by atoms with Crippen molar-refractivity contribution in [1.29, 1.82) is 0 Å². The summed E-state index contributed by atoms with van der Waals surface area (Å²) in [6.45, 7) is 2.12. The SMILES string of the molecule is Cc1ccccc1OCCOC(=O)[C@@]12CCC(=O)N1c1ccccc1C(=O)N2C. The summed E-state index contributed by atoms with van der Waals surface area (Å²) in [5.74, 6) is -0.412. The number of likely N-dealkylation sites (N-methyl/N-ethyl adjacent to an activating group) is 1. The molecule has 7 nitrogen and oxygen atoms in total. The second-order valence-electron chi connectivity index (χ2n) is 7.18. The number of anilines is 1. The van der Waals surface area contributed by atoms with Gasteiger partial charge in [0.05, 0.1) is 11.3 Å². The van der Waals surface area contributed by atoms with E-state index in [-0.39, 0.29) is 37.9 Å². The molecule has 2 aliphatic rings. The molecular formula is C22H22N2O5. The first-order chi connectivity index (χ1) is 14.0. The van der Waals surface area contributed by atoms with Crippen molar-refractivity contribution in [2.24, 2.45) is 0 Å². The van der Waals surface area contributed by atoms with E-state index >= 15 is 0 Å².